The van der Waals surface area contributed by atoms with Gasteiger partial charge in [-0.1, -0.05) is 11.6 Å². The van der Waals surface area contributed by atoms with Crippen LogP contribution in [-0.4, -0.2) is 30.4 Å². The Balaban J connectivity index is 1.19. The van der Waals surface area contributed by atoms with Gasteiger partial charge < -0.3 is 14.8 Å². The lowest BCUT2D eigenvalue weighted by molar-refractivity contribution is -0.173. The minimum Gasteiger partial charge on any atom is -0.486 e. The second-order valence-corrected chi connectivity index (χ2v) is 8.84. The van der Waals surface area contributed by atoms with Crippen molar-refractivity contribution >= 4 is 23.3 Å². The Kier molecular flexibility index (Phi) is 5.79. The lowest BCUT2D eigenvalue weighted by atomic mass is 9.38. The van der Waals surface area contributed by atoms with E-state index in [1.165, 1.54) is 12.1 Å². The van der Waals surface area contributed by atoms with Crippen LogP contribution in [0.3, 0.4) is 0 Å². The first-order valence-corrected chi connectivity index (χ1v) is 10.1. The quantitative estimate of drug-likeness (QED) is 0.436. The molecule has 0 atom stereocenters. The third-order valence-electron chi connectivity index (χ3n) is 5.74. The maximum absolute atomic E-state index is 13.4. The predicted molar refractivity (Wildman–Crippen MR) is 105 cm³/mol. The van der Waals surface area contributed by atoms with Gasteiger partial charge in [-0.3, -0.25) is 9.59 Å². The topological polar surface area (TPSA) is 64.6 Å². The van der Waals surface area contributed by atoms with Crippen molar-refractivity contribution in [3.63, 3.8) is 0 Å². The van der Waals surface area contributed by atoms with Crippen molar-refractivity contribution in [2.45, 2.75) is 31.2 Å². The Labute approximate surface area is 185 Å². The summed E-state index contributed by atoms with van der Waals surface area (Å²) in [5.74, 6) is -5.74. The van der Waals surface area contributed by atoms with Gasteiger partial charge in [-0.15, -0.1) is 0 Å². The second kappa shape index (κ2) is 8.27. The molecule has 1 amide bonds. The van der Waals surface area contributed by atoms with Gasteiger partial charge in [0.2, 0.25) is 0 Å². The highest BCUT2D eigenvalue weighted by Gasteiger charge is 2.68. The lowest BCUT2D eigenvalue weighted by Crippen LogP contribution is -2.75. The van der Waals surface area contributed by atoms with E-state index in [1.54, 1.807) is 0 Å². The summed E-state index contributed by atoms with van der Waals surface area (Å²) in [4.78, 5) is 24.3. The van der Waals surface area contributed by atoms with Crippen molar-refractivity contribution in [3.05, 3.63) is 58.6 Å². The van der Waals surface area contributed by atoms with E-state index in [1.807, 2.05) is 0 Å². The van der Waals surface area contributed by atoms with E-state index in [0.29, 0.717) is 31.4 Å². The fourth-order valence-electron chi connectivity index (χ4n) is 4.61. The summed E-state index contributed by atoms with van der Waals surface area (Å²) in [7, 11) is 0. The van der Waals surface area contributed by atoms with Crippen molar-refractivity contribution < 1.29 is 36.6 Å². The average Bonchev–Trinajstić information content (AvgIpc) is 2.68. The number of hydrogen-bond donors (Lipinski definition) is 1. The van der Waals surface area contributed by atoms with Gasteiger partial charge in [-0.2, -0.15) is 0 Å². The molecule has 3 aliphatic rings. The van der Waals surface area contributed by atoms with E-state index in [4.69, 9.17) is 21.1 Å². The largest absolute Gasteiger partial charge is 0.486 e. The van der Waals surface area contributed by atoms with E-state index < -0.39 is 29.9 Å². The molecule has 0 aromatic heterocycles. The number of hydrogen-bond acceptors (Lipinski definition) is 4. The van der Waals surface area contributed by atoms with Crippen LogP contribution in [0.4, 0.5) is 17.6 Å². The van der Waals surface area contributed by atoms with Crippen LogP contribution in [0.2, 0.25) is 5.02 Å². The average molecular weight is 472 g/mol. The molecule has 0 radical (unpaired) electrons. The highest BCUT2D eigenvalue weighted by Crippen LogP contribution is 2.68. The van der Waals surface area contributed by atoms with Gasteiger partial charge in [0.25, 0.3) is 5.91 Å². The zero-order chi connectivity index (χ0) is 23.1. The standard InChI is InChI=1S/C22H18ClF4NO4/c23-15-2-1-13(3-16(15)24)32-8-19(30)28-22-9-21(10-22,11-22)6-12(29)7-31-14-4-17(25)20(27)18(26)5-14/h1-5H,6-11H2,(H,28,30). The molecule has 10 heteroatoms. The molecule has 0 aliphatic heterocycles. The number of carbonyl (C=O) groups excluding carboxylic acids is 2. The van der Waals surface area contributed by atoms with Crippen LogP contribution in [0, 0.1) is 28.7 Å². The molecule has 0 heterocycles. The highest BCUT2D eigenvalue weighted by atomic mass is 35.5. The Morgan fingerprint density at radius 1 is 0.906 bits per heavy atom. The predicted octanol–water partition coefficient (Wildman–Crippen LogP) is 4.35. The van der Waals surface area contributed by atoms with Crippen LogP contribution < -0.4 is 14.8 Å². The molecule has 0 unspecified atom stereocenters. The summed E-state index contributed by atoms with van der Waals surface area (Å²) in [6.07, 6.45) is 2.06. The molecule has 2 bridgehead atoms. The summed E-state index contributed by atoms with van der Waals surface area (Å²) in [5, 5.41) is 2.84. The van der Waals surface area contributed by atoms with Crippen molar-refractivity contribution in [2.24, 2.45) is 5.41 Å². The summed E-state index contributed by atoms with van der Waals surface area (Å²) in [6.45, 7) is -0.676. The van der Waals surface area contributed by atoms with E-state index in [2.05, 4.69) is 5.32 Å². The molecule has 170 valence electrons. The first-order chi connectivity index (χ1) is 15.1. The third kappa shape index (κ3) is 4.53. The monoisotopic (exact) mass is 471 g/mol. The molecule has 0 saturated heterocycles. The van der Waals surface area contributed by atoms with Crippen LogP contribution in [0.1, 0.15) is 25.7 Å². The fourth-order valence-corrected chi connectivity index (χ4v) is 4.73. The molecule has 32 heavy (non-hydrogen) atoms. The van der Waals surface area contributed by atoms with Crippen LogP contribution in [0.5, 0.6) is 11.5 Å². The van der Waals surface area contributed by atoms with Crippen LogP contribution in [0.15, 0.2) is 30.3 Å². The molecule has 3 saturated carbocycles. The number of ketones is 1. The number of benzene rings is 2. The summed E-state index contributed by atoms with van der Waals surface area (Å²) in [6, 6.07) is 5.24. The molecule has 0 spiro atoms. The Hall–Kier alpha value is -2.81. The van der Waals surface area contributed by atoms with Gasteiger partial charge in [0.15, 0.2) is 29.8 Å². The van der Waals surface area contributed by atoms with Crippen molar-refractivity contribution in [3.8, 4) is 11.5 Å². The number of Topliss-reactive ketones (excluding diaryl/α,β-unsaturated/α-hetero) is 1. The normalized spacial score (nSPS) is 23.0. The molecule has 3 aliphatic carbocycles. The van der Waals surface area contributed by atoms with Gasteiger partial charge >= 0.3 is 0 Å². The van der Waals surface area contributed by atoms with Crippen LogP contribution in [-0.2, 0) is 9.59 Å². The summed E-state index contributed by atoms with van der Waals surface area (Å²) < 4.78 is 63.1. The summed E-state index contributed by atoms with van der Waals surface area (Å²) >= 11 is 5.59. The molecule has 5 rings (SSSR count). The zero-order valence-corrected chi connectivity index (χ0v) is 17.4. The number of halogens is 5. The van der Waals surface area contributed by atoms with Gasteiger partial charge in [0, 0.05) is 30.2 Å². The molecule has 3 fully saturated rings. The van der Waals surface area contributed by atoms with Gasteiger partial charge in [-0.25, -0.2) is 17.6 Å². The fraction of sp³-hybridized carbons (Fsp3) is 0.364. The number of carbonyl (C=O) groups is 2. The number of ether oxygens (including phenoxy) is 2. The molecular weight excluding hydrogens is 454 g/mol. The van der Waals surface area contributed by atoms with Gasteiger partial charge in [0.1, 0.15) is 23.9 Å². The number of amides is 1. The van der Waals surface area contributed by atoms with Crippen LogP contribution in [0.25, 0.3) is 0 Å². The smallest absolute Gasteiger partial charge is 0.258 e. The van der Waals surface area contributed by atoms with E-state index >= 15 is 0 Å². The Bertz CT molecular complexity index is 1050. The maximum atomic E-state index is 13.4. The van der Waals surface area contributed by atoms with Crippen molar-refractivity contribution in [1.82, 2.24) is 5.32 Å². The van der Waals surface area contributed by atoms with Gasteiger partial charge in [-0.05, 0) is 36.8 Å². The molecule has 1 N–H and O–H groups in total. The highest BCUT2D eigenvalue weighted by molar-refractivity contribution is 6.30. The van der Waals surface area contributed by atoms with E-state index in [-0.39, 0.29) is 52.2 Å². The van der Waals surface area contributed by atoms with Gasteiger partial charge in [0.05, 0.1) is 5.02 Å². The van der Waals surface area contributed by atoms with E-state index in [0.717, 1.165) is 6.07 Å². The first-order valence-electron chi connectivity index (χ1n) is 9.77. The Morgan fingerprint density at radius 2 is 1.50 bits per heavy atom. The first kappa shape index (κ1) is 22.4. The zero-order valence-electron chi connectivity index (χ0n) is 16.7. The SMILES string of the molecule is O=C(COc1cc(F)c(F)c(F)c1)CC12CC(NC(=O)COc3ccc(Cl)c(F)c3)(C1)C2. The van der Waals surface area contributed by atoms with E-state index in [9.17, 15) is 27.2 Å². The minimum atomic E-state index is -1.60. The Morgan fingerprint density at radius 3 is 2.12 bits per heavy atom. The van der Waals surface area contributed by atoms with Crippen molar-refractivity contribution in [2.75, 3.05) is 13.2 Å². The molecule has 5 nitrogen and oxygen atoms in total. The number of nitrogens with one attached hydrogen (secondary N) is 1. The minimum absolute atomic E-state index is 0.0436. The molecule has 2 aromatic carbocycles. The number of rotatable bonds is 9. The lowest BCUT2D eigenvalue weighted by Gasteiger charge is -2.70. The third-order valence-corrected chi connectivity index (χ3v) is 6.04. The second-order valence-electron chi connectivity index (χ2n) is 8.43. The molecule has 2 aromatic rings. The maximum Gasteiger partial charge on any atom is 0.258 e. The molecular formula is C22H18ClF4NO4. The summed E-state index contributed by atoms with van der Waals surface area (Å²) in [5.41, 5.74) is -0.608. The van der Waals surface area contributed by atoms with Crippen LogP contribution >= 0.6 is 11.6 Å². The van der Waals surface area contributed by atoms with Crippen molar-refractivity contribution in [1.29, 1.82) is 0 Å².